The molecule has 96 valence electrons. The monoisotopic (exact) mass is 279 g/mol. The molecular formula is C14H8F3NS. The van der Waals surface area contributed by atoms with Crippen molar-refractivity contribution in [3.8, 4) is 10.6 Å². The number of aromatic nitrogens is 1. The standard InChI is InChI=1S/C14H8F3NS/c15-14(16,17)10-6-2-1-5-9(10)13-18-11-7-3-4-8-12(11)19-13/h1-8H. The second-order valence-corrected chi connectivity index (χ2v) is 5.06. The summed E-state index contributed by atoms with van der Waals surface area (Å²) in [6.07, 6.45) is -4.37. The highest BCUT2D eigenvalue weighted by molar-refractivity contribution is 7.21. The third-order valence-electron chi connectivity index (χ3n) is 2.76. The Balaban J connectivity index is 2.22. The summed E-state index contributed by atoms with van der Waals surface area (Å²) in [4.78, 5) is 4.28. The van der Waals surface area contributed by atoms with E-state index in [1.807, 2.05) is 18.2 Å². The molecule has 0 atom stereocenters. The van der Waals surface area contributed by atoms with Crippen LogP contribution >= 0.6 is 11.3 Å². The van der Waals surface area contributed by atoms with Gasteiger partial charge in [0, 0.05) is 5.56 Å². The molecule has 0 bridgehead atoms. The van der Waals surface area contributed by atoms with Crippen molar-refractivity contribution in [3.63, 3.8) is 0 Å². The number of thiazole rings is 1. The van der Waals surface area contributed by atoms with Gasteiger partial charge in [0.25, 0.3) is 0 Å². The van der Waals surface area contributed by atoms with E-state index < -0.39 is 11.7 Å². The number of halogens is 3. The minimum Gasteiger partial charge on any atom is -0.236 e. The lowest BCUT2D eigenvalue weighted by atomic mass is 10.1. The van der Waals surface area contributed by atoms with Gasteiger partial charge in [-0.25, -0.2) is 4.98 Å². The van der Waals surface area contributed by atoms with Crippen molar-refractivity contribution < 1.29 is 13.2 Å². The molecule has 5 heteroatoms. The van der Waals surface area contributed by atoms with Crippen LogP contribution in [-0.4, -0.2) is 4.98 Å². The SMILES string of the molecule is FC(F)(F)c1ccccc1-c1nc2ccccc2s1. The van der Waals surface area contributed by atoms with Gasteiger partial charge >= 0.3 is 6.18 Å². The number of hydrogen-bond acceptors (Lipinski definition) is 2. The molecule has 0 fully saturated rings. The van der Waals surface area contributed by atoms with E-state index in [1.54, 1.807) is 12.1 Å². The molecule has 19 heavy (non-hydrogen) atoms. The van der Waals surface area contributed by atoms with Crippen molar-refractivity contribution >= 4 is 21.6 Å². The molecule has 2 aromatic carbocycles. The van der Waals surface area contributed by atoms with Gasteiger partial charge in [-0.1, -0.05) is 30.3 Å². The van der Waals surface area contributed by atoms with Crippen LogP contribution in [0.15, 0.2) is 48.5 Å². The fraction of sp³-hybridized carbons (Fsp3) is 0.0714. The zero-order valence-electron chi connectivity index (χ0n) is 9.61. The zero-order valence-corrected chi connectivity index (χ0v) is 10.4. The van der Waals surface area contributed by atoms with Gasteiger partial charge in [0.05, 0.1) is 15.8 Å². The van der Waals surface area contributed by atoms with Gasteiger partial charge in [-0.2, -0.15) is 13.2 Å². The minimum absolute atomic E-state index is 0.135. The second-order valence-electron chi connectivity index (χ2n) is 4.03. The van der Waals surface area contributed by atoms with Crippen LogP contribution in [0.1, 0.15) is 5.56 Å². The lowest BCUT2D eigenvalue weighted by Gasteiger charge is -2.10. The van der Waals surface area contributed by atoms with Crippen LogP contribution in [-0.2, 0) is 6.18 Å². The number of rotatable bonds is 1. The van der Waals surface area contributed by atoms with Gasteiger partial charge in [0.15, 0.2) is 0 Å². The maximum Gasteiger partial charge on any atom is 0.417 e. The van der Waals surface area contributed by atoms with E-state index in [0.29, 0.717) is 5.01 Å². The molecule has 1 nitrogen and oxygen atoms in total. The highest BCUT2D eigenvalue weighted by atomic mass is 32.1. The lowest BCUT2D eigenvalue weighted by Crippen LogP contribution is -2.06. The predicted octanol–water partition coefficient (Wildman–Crippen LogP) is 4.98. The Morgan fingerprint density at radius 3 is 2.32 bits per heavy atom. The molecule has 0 unspecified atom stereocenters. The van der Waals surface area contributed by atoms with E-state index >= 15 is 0 Å². The Bertz CT molecular complexity index is 698. The van der Waals surface area contributed by atoms with E-state index in [1.165, 1.54) is 23.5 Å². The average Bonchev–Trinajstić information content (AvgIpc) is 2.81. The number of para-hydroxylation sites is 1. The number of hydrogen-bond donors (Lipinski definition) is 0. The van der Waals surface area contributed by atoms with Crippen LogP contribution < -0.4 is 0 Å². The highest BCUT2D eigenvalue weighted by Gasteiger charge is 2.34. The molecule has 1 heterocycles. The van der Waals surface area contributed by atoms with E-state index in [2.05, 4.69) is 4.98 Å². The Morgan fingerprint density at radius 2 is 1.58 bits per heavy atom. The summed E-state index contributed by atoms with van der Waals surface area (Å²) in [6, 6.07) is 12.8. The molecule has 1 aromatic heterocycles. The summed E-state index contributed by atoms with van der Waals surface area (Å²) in [7, 11) is 0. The summed E-state index contributed by atoms with van der Waals surface area (Å²) >= 11 is 1.27. The normalized spacial score (nSPS) is 11.9. The summed E-state index contributed by atoms with van der Waals surface area (Å²) in [5, 5.41) is 0.397. The van der Waals surface area contributed by atoms with Gasteiger partial charge in [-0.3, -0.25) is 0 Å². The highest BCUT2D eigenvalue weighted by Crippen LogP contribution is 2.39. The maximum atomic E-state index is 13.0. The zero-order chi connectivity index (χ0) is 13.5. The second kappa shape index (κ2) is 4.35. The van der Waals surface area contributed by atoms with Crippen LogP contribution in [0, 0.1) is 0 Å². The first-order valence-electron chi connectivity index (χ1n) is 5.58. The van der Waals surface area contributed by atoms with Crippen molar-refractivity contribution in [1.82, 2.24) is 4.98 Å². The quantitative estimate of drug-likeness (QED) is 0.612. The molecular weight excluding hydrogens is 271 g/mol. The fourth-order valence-electron chi connectivity index (χ4n) is 1.90. The van der Waals surface area contributed by atoms with Gasteiger partial charge in [-0.15, -0.1) is 11.3 Å². The minimum atomic E-state index is -4.37. The van der Waals surface area contributed by atoms with Crippen LogP contribution in [0.2, 0.25) is 0 Å². The van der Waals surface area contributed by atoms with Crippen molar-refractivity contribution in [2.75, 3.05) is 0 Å². The molecule has 0 spiro atoms. The van der Waals surface area contributed by atoms with Gasteiger partial charge in [0.2, 0.25) is 0 Å². The predicted molar refractivity (Wildman–Crippen MR) is 70.1 cm³/mol. The van der Waals surface area contributed by atoms with Gasteiger partial charge < -0.3 is 0 Å². The van der Waals surface area contributed by atoms with E-state index in [0.717, 1.165) is 16.3 Å². The van der Waals surface area contributed by atoms with Crippen LogP contribution in [0.3, 0.4) is 0 Å². The first-order chi connectivity index (χ1) is 9.05. The maximum absolute atomic E-state index is 13.0. The molecule has 0 N–H and O–H groups in total. The lowest BCUT2D eigenvalue weighted by molar-refractivity contribution is -0.137. The first-order valence-corrected chi connectivity index (χ1v) is 6.39. The number of benzene rings is 2. The third kappa shape index (κ3) is 2.21. The summed E-state index contributed by atoms with van der Waals surface area (Å²) in [5.41, 5.74) is 0.213. The molecule has 0 amide bonds. The summed E-state index contributed by atoms with van der Waals surface area (Å²) < 4.78 is 39.8. The molecule has 0 aliphatic rings. The first kappa shape index (κ1) is 12.2. The smallest absolute Gasteiger partial charge is 0.236 e. The molecule has 0 aliphatic carbocycles. The Labute approximate surface area is 111 Å². The molecule has 0 radical (unpaired) electrons. The van der Waals surface area contributed by atoms with Gasteiger partial charge in [-0.05, 0) is 18.2 Å². The molecule has 3 rings (SSSR count). The van der Waals surface area contributed by atoms with Crippen LogP contribution in [0.5, 0.6) is 0 Å². The van der Waals surface area contributed by atoms with Crippen molar-refractivity contribution in [1.29, 1.82) is 0 Å². The Kier molecular flexibility index (Phi) is 2.78. The topological polar surface area (TPSA) is 12.9 Å². The van der Waals surface area contributed by atoms with Crippen LogP contribution in [0.25, 0.3) is 20.8 Å². The average molecular weight is 279 g/mol. The summed E-state index contributed by atoms with van der Waals surface area (Å²) in [6.45, 7) is 0. The van der Waals surface area contributed by atoms with Gasteiger partial charge in [0.1, 0.15) is 5.01 Å². The van der Waals surface area contributed by atoms with Crippen molar-refractivity contribution in [3.05, 3.63) is 54.1 Å². The summed E-state index contributed by atoms with van der Waals surface area (Å²) in [5.74, 6) is 0. The Morgan fingerprint density at radius 1 is 0.895 bits per heavy atom. The Hall–Kier alpha value is -1.88. The fourth-order valence-corrected chi connectivity index (χ4v) is 2.91. The van der Waals surface area contributed by atoms with Crippen molar-refractivity contribution in [2.45, 2.75) is 6.18 Å². The van der Waals surface area contributed by atoms with E-state index in [4.69, 9.17) is 0 Å². The molecule has 3 aromatic rings. The molecule has 0 saturated heterocycles. The van der Waals surface area contributed by atoms with E-state index in [9.17, 15) is 13.2 Å². The van der Waals surface area contributed by atoms with Crippen LogP contribution in [0.4, 0.5) is 13.2 Å². The van der Waals surface area contributed by atoms with Crippen molar-refractivity contribution in [2.24, 2.45) is 0 Å². The molecule has 0 saturated carbocycles. The molecule has 0 aliphatic heterocycles. The number of alkyl halides is 3. The largest absolute Gasteiger partial charge is 0.417 e. The number of fused-ring (bicyclic) bond motifs is 1. The van der Waals surface area contributed by atoms with E-state index in [-0.39, 0.29) is 5.56 Å². The third-order valence-corrected chi connectivity index (χ3v) is 3.83. The number of nitrogens with zero attached hydrogens (tertiary/aromatic N) is 1.